The average molecular weight is 184 g/mol. The third kappa shape index (κ3) is 3.68. The fourth-order valence-corrected chi connectivity index (χ4v) is 2.43. The van der Waals surface area contributed by atoms with E-state index in [0.29, 0.717) is 0 Å². The molecule has 1 unspecified atom stereocenters. The maximum atomic E-state index is 9.38. The van der Waals surface area contributed by atoms with Gasteiger partial charge in [-0.05, 0) is 37.5 Å². The minimum atomic E-state index is 0.00891. The Hall–Kier alpha value is -0.0400. The molecule has 1 rings (SSSR count). The summed E-state index contributed by atoms with van der Waals surface area (Å²) >= 11 is 0. The molecule has 0 aromatic heterocycles. The van der Waals surface area contributed by atoms with E-state index < -0.39 is 0 Å². The minimum absolute atomic E-state index is 0.00891. The summed E-state index contributed by atoms with van der Waals surface area (Å²) in [6.45, 7) is 4.65. The highest BCUT2D eigenvalue weighted by molar-refractivity contribution is 4.75. The van der Waals surface area contributed by atoms with Gasteiger partial charge in [-0.3, -0.25) is 0 Å². The first-order valence-electron chi connectivity index (χ1n) is 5.92. The van der Waals surface area contributed by atoms with E-state index in [1.54, 1.807) is 0 Å². The smallest absolute Gasteiger partial charge is 0.0540 e. The van der Waals surface area contributed by atoms with Gasteiger partial charge in [-0.1, -0.05) is 33.1 Å². The Morgan fingerprint density at radius 3 is 2.38 bits per heavy atom. The van der Waals surface area contributed by atoms with Gasteiger partial charge < -0.3 is 5.11 Å². The Labute approximate surface area is 82.5 Å². The first-order chi connectivity index (χ1) is 6.24. The molecule has 1 saturated carbocycles. The van der Waals surface area contributed by atoms with Crippen LogP contribution in [-0.4, -0.2) is 11.2 Å². The van der Waals surface area contributed by atoms with Crippen molar-refractivity contribution in [3.8, 4) is 0 Å². The van der Waals surface area contributed by atoms with E-state index in [1.807, 2.05) is 0 Å². The average Bonchev–Trinajstić information content (AvgIpc) is 2.15. The molecule has 0 aromatic carbocycles. The molecular formula is C12H24O. The summed E-state index contributed by atoms with van der Waals surface area (Å²) in [7, 11) is 0. The molecule has 1 aliphatic carbocycles. The van der Waals surface area contributed by atoms with Crippen molar-refractivity contribution < 1.29 is 5.11 Å². The van der Waals surface area contributed by atoms with Crippen molar-refractivity contribution in [3.05, 3.63) is 0 Å². The van der Waals surface area contributed by atoms with Crippen LogP contribution in [0.4, 0.5) is 0 Å². The molecule has 0 bridgehead atoms. The Kier molecular flexibility index (Phi) is 4.79. The van der Waals surface area contributed by atoms with Crippen LogP contribution in [0.2, 0.25) is 0 Å². The molecule has 1 N–H and O–H groups in total. The van der Waals surface area contributed by atoms with Crippen LogP contribution in [0.15, 0.2) is 0 Å². The number of aliphatic hydroxyl groups excluding tert-OH is 1. The largest absolute Gasteiger partial charge is 0.393 e. The summed E-state index contributed by atoms with van der Waals surface area (Å²) in [4.78, 5) is 0. The summed E-state index contributed by atoms with van der Waals surface area (Å²) in [6, 6.07) is 0. The first-order valence-corrected chi connectivity index (χ1v) is 5.92. The summed E-state index contributed by atoms with van der Waals surface area (Å²) in [5.74, 6) is 1.78. The van der Waals surface area contributed by atoms with Gasteiger partial charge in [0.05, 0.1) is 6.10 Å². The fraction of sp³-hybridized carbons (Fsp3) is 1.00. The van der Waals surface area contributed by atoms with Crippen LogP contribution in [0.25, 0.3) is 0 Å². The number of hydrogen-bond donors (Lipinski definition) is 1. The summed E-state index contributed by atoms with van der Waals surface area (Å²) in [5, 5.41) is 9.38. The first kappa shape index (κ1) is 11.0. The van der Waals surface area contributed by atoms with Gasteiger partial charge in [-0.25, -0.2) is 0 Å². The lowest BCUT2D eigenvalue weighted by Gasteiger charge is -2.30. The van der Waals surface area contributed by atoms with E-state index in [0.717, 1.165) is 24.7 Å². The van der Waals surface area contributed by atoms with E-state index in [4.69, 9.17) is 0 Å². The van der Waals surface area contributed by atoms with Crippen molar-refractivity contribution in [2.45, 2.75) is 64.9 Å². The van der Waals surface area contributed by atoms with Crippen LogP contribution >= 0.6 is 0 Å². The lowest BCUT2D eigenvalue weighted by atomic mass is 9.78. The molecule has 0 radical (unpaired) electrons. The van der Waals surface area contributed by atoms with Crippen LogP contribution in [0.1, 0.15) is 58.8 Å². The molecule has 1 atom stereocenters. The van der Waals surface area contributed by atoms with Gasteiger partial charge in [0, 0.05) is 0 Å². The molecule has 0 aliphatic heterocycles. The van der Waals surface area contributed by atoms with Gasteiger partial charge in [0.15, 0.2) is 0 Å². The molecular weight excluding hydrogens is 160 g/mol. The van der Waals surface area contributed by atoms with Gasteiger partial charge in [-0.15, -0.1) is 0 Å². The normalized spacial score (nSPS) is 31.6. The predicted octanol–water partition coefficient (Wildman–Crippen LogP) is 3.36. The summed E-state index contributed by atoms with van der Waals surface area (Å²) in [6.07, 6.45) is 8.69. The Morgan fingerprint density at radius 1 is 1.23 bits per heavy atom. The van der Waals surface area contributed by atoms with Gasteiger partial charge >= 0.3 is 0 Å². The van der Waals surface area contributed by atoms with Crippen molar-refractivity contribution in [3.63, 3.8) is 0 Å². The standard InChI is InChI=1S/C12H24O/c1-3-4-5-10(2)11-6-8-12(13)9-7-11/h10-13H,3-9H2,1-2H3. The maximum absolute atomic E-state index is 9.38. The van der Waals surface area contributed by atoms with Crippen molar-refractivity contribution in [1.29, 1.82) is 0 Å². The molecule has 13 heavy (non-hydrogen) atoms. The molecule has 0 spiro atoms. The number of aliphatic hydroxyl groups is 1. The molecule has 1 nitrogen and oxygen atoms in total. The van der Waals surface area contributed by atoms with E-state index in [9.17, 15) is 5.11 Å². The molecule has 0 aromatic rings. The van der Waals surface area contributed by atoms with Gasteiger partial charge in [0.1, 0.15) is 0 Å². The fourth-order valence-electron chi connectivity index (χ4n) is 2.43. The maximum Gasteiger partial charge on any atom is 0.0540 e. The molecule has 1 heteroatoms. The van der Waals surface area contributed by atoms with Crippen LogP contribution in [-0.2, 0) is 0 Å². The van der Waals surface area contributed by atoms with Crippen LogP contribution < -0.4 is 0 Å². The zero-order chi connectivity index (χ0) is 9.68. The second kappa shape index (κ2) is 5.64. The molecule has 1 aliphatic rings. The zero-order valence-electron chi connectivity index (χ0n) is 9.13. The highest BCUT2D eigenvalue weighted by Gasteiger charge is 2.23. The molecule has 78 valence electrons. The highest BCUT2D eigenvalue weighted by atomic mass is 16.3. The van der Waals surface area contributed by atoms with Gasteiger partial charge in [0.2, 0.25) is 0 Å². The summed E-state index contributed by atoms with van der Waals surface area (Å²) < 4.78 is 0. The lowest BCUT2D eigenvalue weighted by molar-refractivity contribution is 0.0918. The van der Waals surface area contributed by atoms with Gasteiger partial charge in [-0.2, -0.15) is 0 Å². The Morgan fingerprint density at radius 2 is 1.85 bits per heavy atom. The number of rotatable bonds is 4. The van der Waals surface area contributed by atoms with Crippen LogP contribution in [0.5, 0.6) is 0 Å². The Balaban J connectivity index is 2.19. The van der Waals surface area contributed by atoms with Crippen LogP contribution in [0, 0.1) is 11.8 Å². The third-order valence-corrected chi connectivity index (χ3v) is 3.56. The Bertz CT molecular complexity index is 125. The van der Waals surface area contributed by atoms with E-state index in [2.05, 4.69) is 13.8 Å². The molecule has 0 heterocycles. The second-order valence-electron chi connectivity index (χ2n) is 4.69. The number of hydrogen-bond acceptors (Lipinski definition) is 1. The highest BCUT2D eigenvalue weighted by Crippen LogP contribution is 2.32. The van der Waals surface area contributed by atoms with Crippen molar-refractivity contribution in [1.82, 2.24) is 0 Å². The quantitative estimate of drug-likeness (QED) is 0.710. The second-order valence-corrected chi connectivity index (χ2v) is 4.69. The summed E-state index contributed by atoms with van der Waals surface area (Å²) in [5.41, 5.74) is 0. The van der Waals surface area contributed by atoms with E-state index in [1.165, 1.54) is 32.1 Å². The van der Waals surface area contributed by atoms with E-state index >= 15 is 0 Å². The number of unbranched alkanes of at least 4 members (excludes halogenated alkanes) is 1. The zero-order valence-corrected chi connectivity index (χ0v) is 9.13. The molecule has 1 fully saturated rings. The van der Waals surface area contributed by atoms with Crippen molar-refractivity contribution in [2.24, 2.45) is 11.8 Å². The minimum Gasteiger partial charge on any atom is -0.393 e. The van der Waals surface area contributed by atoms with Crippen LogP contribution in [0.3, 0.4) is 0 Å². The molecule has 0 saturated heterocycles. The monoisotopic (exact) mass is 184 g/mol. The topological polar surface area (TPSA) is 20.2 Å². The van der Waals surface area contributed by atoms with E-state index in [-0.39, 0.29) is 6.10 Å². The third-order valence-electron chi connectivity index (χ3n) is 3.56. The lowest BCUT2D eigenvalue weighted by Crippen LogP contribution is -2.22. The SMILES string of the molecule is CCCCC(C)C1CCC(O)CC1. The van der Waals surface area contributed by atoms with Crippen molar-refractivity contribution >= 4 is 0 Å². The van der Waals surface area contributed by atoms with Gasteiger partial charge in [0.25, 0.3) is 0 Å². The van der Waals surface area contributed by atoms with Crippen molar-refractivity contribution in [2.75, 3.05) is 0 Å². The molecule has 0 amide bonds. The predicted molar refractivity (Wildman–Crippen MR) is 56.7 cm³/mol.